The number of nitrogens with one attached hydrogen (secondary N) is 1. The van der Waals surface area contributed by atoms with Gasteiger partial charge in [-0.25, -0.2) is 0 Å². The topological polar surface area (TPSA) is 54.5 Å². The Bertz CT molecular complexity index is 698. The van der Waals surface area contributed by atoms with Gasteiger partial charge in [-0.2, -0.15) is 0 Å². The Morgan fingerprint density at radius 1 is 1.38 bits per heavy atom. The van der Waals surface area contributed by atoms with Gasteiger partial charge in [0, 0.05) is 25.0 Å². The highest BCUT2D eigenvalue weighted by Gasteiger charge is 2.34. The maximum Gasteiger partial charge on any atom is 0.263 e. The number of pyridine rings is 1. The van der Waals surface area contributed by atoms with Crippen LogP contribution in [0.15, 0.2) is 24.5 Å². The van der Waals surface area contributed by atoms with Crippen molar-refractivity contribution in [3.05, 3.63) is 29.4 Å². The quantitative estimate of drug-likeness (QED) is 0.877. The van der Waals surface area contributed by atoms with E-state index in [4.69, 9.17) is 4.74 Å². The van der Waals surface area contributed by atoms with E-state index in [-0.39, 0.29) is 11.9 Å². The molecule has 0 unspecified atom stereocenters. The van der Waals surface area contributed by atoms with E-state index >= 15 is 0 Å². The molecule has 5 nitrogen and oxygen atoms in total. The van der Waals surface area contributed by atoms with Crippen LogP contribution in [0.1, 0.15) is 16.6 Å². The minimum atomic E-state index is -0.00273. The van der Waals surface area contributed by atoms with Gasteiger partial charge in [0.05, 0.1) is 11.4 Å². The summed E-state index contributed by atoms with van der Waals surface area (Å²) < 4.78 is 5.90. The number of carbonyl (C=O) groups is 1. The lowest BCUT2D eigenvalue weighted by molar-refractivity contribution is 0.0949. The molecule has 0 aromatic carbocycles. The number of ether oxygens (including phenoxy) is 1. The summed E-state index contributed by atoms with van der Waals surface area (Å²) >= 11 is 1.50. The summed E-state index contributed by atoms with van der Waals surface area (Å²) in [7, 11) is 0. The fourth-order valence-electron chi connectivity index (χ4n) is 2.89. The van der Waals surface area contributed by atoms with Crippen LogP contribution in [0.25, 0.3) is 10.4 Å². The van der Waals surface area contributed by atoms with Crippen molar-refractivity contribution < 1.29 is 9.53 Å². The van der Waals surface area contributed by atoms with E-state index in [9.17, 15) is 4.79 Å². The van der Waals surface area contributed by atoms with Gasteiger partial charge in [0.15, 0.2) is 5.75 Å². The van der Waals surface area contributed by atoms with Crippen molar-refractivity contribution in [1.82, 2.24) is 10.3 Å². The van der Waals surface area contributed by atoms with Crippen LogP contribution in [0.3, 0.4) is 0 Å². The lowest BCUT2D eigenvalue weighted by Crippen LogP contribution is -2.41. The Balaban J connectivity index is 1.91. The molecule has 0 bridgehead atoms. The number of hydrogen-bond acceptors (Lipinski definition) is 5. The van der Waals surface area contributed by atoms with E-state index in [1.165, 1.54) is 11.3 Å². The molecule has 0 aliphatic carbocycles. The molecule has 1 N–H and O–H groups in total. The van der Waals surface area contributed by atoms with Crippen LogP contribution >= 0.6 is 11.3 Å². The summed E-state index contributed by atoms with van der Waals surface area (Å²) in [5, 5.41) is 3.04. The number of amides is 1. The first-order chi connectivity index (χ1) is 10.2. The predicted molar refractivity (Wildman–Crippen MR) is 82.2 cm³/mol. The van der Waals surface area contributed by atoms with Crippen LogP contribution in [-0.2, 0) is 0 Å². The maximum absolute atomic E-state index is 12.4. The van der Waals surface area contributed by atoms with Gasteiger partial charge in [-0.3, -0.25) is 9.78 Å². The Kier molecular flexibility index (Phi) is 2.85. The number of nitrogens with zero attached hydrogens (tertiary/aromatic N) is 2. The van der Waals surface area contributed by atoms with Crippen LogP contribution in [0.2, 0.25) is 0 Å². The van der Waals surface area contributed by atoms with Crippen molar-refractivity contribution in [3.63, 3.8) is 0 Å². The lowest BCUT2D eigenvalue weighted by atomic mass is 10.1. The van der Waals surface area contributed by atoms with E-state index in [0.29, 0.717) is 6.61 Å². The monoisotopic (exact) mass is 301 g/mol. The van der Waals surface area contributed by atoms with Crippen LogP contribution in [0, 0.1) is 0 Å². The average Bonchev–Trinajstić information content (AvgIpc) is 2.83. The van der Waals surface area contributed by atoms with Gasteiger partial charge >= 0.3 is 0 Å². The molecule has 2 aromatic rings. The first kappa shape index (κ1) is 12.6. The van der Waals surface area contributed by atoms with Crippen LogP contribution in [-0.4, -0.2) is 36.6 Å². The summed E-state index contributed by atoms with van der Waals surface area (Å²) in [4.78, 5) is 20.5. The number of aromatic nitrogens is 1. The molecule has 21 heavy (non-hydrogen) atoms. The van der Waals surface area contributed by atoms with Crippen molar-refractivity contribution >= 4 is 22.9 Å². The van der Waals surface area contributed by atoms with Crippen molar-refractivity contribution in [1.29, 1.82) is 0 Å². The Hall–Kier alpha value is -2.08. The van der Waals surface area contributed by atoms with Gasteiger partial charge in [-0.05, 0) is 24.6 Å². The number of carbonyl (C=O) groups excluding carboxylic acids is 1. The molecule has 0 spiro atoms. The van der Waals surface area contributed by atoms with E-state index < -0.39 is 0 Å². The zero-order valence-electron chi connectivity index (χ0n) is 11.6. The van der Waals surface area contributed by atoms with E-state index in [2.05, 4.69) is 15.2 Å². The summed E-state index contributed by atoms with van der Waals surface area (Å²) in [6.45, 7) is 4.34. The summed E-state index contributed by atoms with van der Waals surface area (Å²) in [5.41, 5.74) is 2.00. The van der Waals surface area contributed by atoms with E-state index in [1.807, 2.05) is 19.1 Å². The summed E-state index contributed by atoms with van der Waals surface area (Å²) in [5.74, 6) is 0.841. The average molecular weight is 301 g/mol. The second-order valence-corrected chi connectivity index (χ2v) is 6.36. The molecule has 1 atom stereocenters. The van der Waals surface area contributed by atoms with Gasteiger partial charge in [-0.15, -0.1) is 11.3 Å². The van der Waals surface area contributed by atoms with E-state index in [0.717, 1.165) is 39.8 Å². The minimum Gasteiger partial charge on any atom is -0.488 e. The third-order valence-electron chi connectivity index (χ3n) is 3.78. The number of anilines is 1. The van der Waals surface area contributed by atoms with Crippen molar-refractivity contribution in [2.24, 2.45) is 0 Å². The van der Waals surface area contributed by atoms with Crippen molar-refractivity contribution in [2.75, 3.05) is 24.6 Å². The highest BCUT2D eigenvalue weighted by molar-refractivity contribution is 7.18. The molecule has 0 fully saturated rings. The smallest absolute Gasteiger partial charge is 0.263 e. The molecule has 2 aliphatic heterocycles. The van der Waals surface area contributed by atoms with Gasteiger partial charge < -0.3 is 15.0 Å². The molecule has 4 rings (SSSR count). The highest BCUT2D eigenvalue weighted by atomic mass is 32.1. The Morgan fingerprint density at radius 2 is 2.19 bits per heavy atom. The second-order valence-electron chi connectivity index (χ2n) is 5.34. The van der Waals surface area contributed by atoms with Gasteiger partial charge in [0.2, 0.25) is 0 Å². The fraction of sp³-hybridized carbons (Fsp3) is 0.333. The molecule has 0 saturated heterocycles. The van der Waals surface area contributed by atoms with Gasteiger partial charge in [0.1, 0.15) is 17.2 Å². The number of thiophene rings is 1. The molecule has 6 heteroatoms. The summed E-state index contributed by atoms with van der Waals surface area (Å²) in [6.07, 6.45) is 3.52. The standard InChI is InChI=1S/C15H15N3O2S/c1-9-8-18-6-7-20-12-11(18)14(15(19)17-9)21-13(12)10-2-4-16-5-3-10/h2-5,9H,6-8H2,1H3,(H,17,19)/t9-/m0/s1. The zero-order chi connectivity index (χ0) is 14.4. The van der Waals surface area contributed by atoms with Crippen LogP contribution in [0.4, 0.5) is 5.69 Å². The van der Waals surface area contributed by atoms with Crippen LogP contribution in [0.5, 0.6) is 5.75 Å². The second kappa shape index (κ2) is 4.73. The van der Waals surface area contributed by atoms with Gasteiger partial charge in [0.25, 0.3) is 5.91 Å². The minimum absolute atomic E-state index is 0.00273. The highest BCUT2D eigenvalue weighted by Crippen LogP contribution is 2.50. The molecular formula is C15H15N3O2S. The normalized spacial score (nSPS) is 20.3. The van der Waals surface area contributed by atoms with Crippen LogP contribution < -0.4 is 15.0 Å². The molecule has 0 saturated carbocycles. The molecule has 4 heterocycles. The molecule has 2 aliphatic rings. The molecule has 2 aromatic heterocycles. The maximum atomic E-state index is 12.4. The summed E-state index contributed by atoms with van der Waals surface area (Å²) in [6, 6.07) is 4.04. The third-order valence-corrected chi connectivity index (χ3v) is 4.99. The Morgan fingerprint density at radius 3 is 3.00 bits per heavy atom. The first-order valence-electron chi connectivity index (χ1n) is 7.00. The molecule has 1 amide bonds. The van der Waals surface area contributed by atoms with E-state index in [1.54, 1.807) is 12.4 Å². The molecule has 0 radical (unpaired) electrons. The van der Waals surface area contributed by atoms with Gasteiger partial charge in [-0.1, -0.05) is 0 Å². The largest absolute Gasteiger partial charge is 0.488 e. The Labute approximate surface area is 126 Å². The molecular weight excluding hydrogens is 286 g/mol. The number of rotatable bonds is 1. The lowest BCUT2D eigenvalue weighted by Gasteiger charge is -2.30. The van der Waals surface area contributed by atoms with Crippen molar-refractivity contribution in [2.45, 2.75) is 13.0 Å². The third kappa shape index (κ3) is 1.98. The SMILES string of the molecule is C[C@H]1CN2CCOc3c(-c4ccncc4)sc(c32)C(=O)N1. The predicted octanol–water partition coefficient (Wildman–Crippen LogP) is 2.14. The fourth-order valence-corrected chi connectivity index (χ4v) is 4.07. The molecule has 108 valence electrons. The number of hydrogen-bond donors (Lipinski definition) is 1. The zero-order valence-corrected chi connectivity index (χ0v) is 12.4. The first-order valence-corrected chi connectivity index (χ1v) is 7.81. The van der Waals surface area contributed by atoms with Crippen molar-refractivity contribution in [3.8, 4) is 16.2 Å².